The van der Waals surface area contributed by atoms with Gasteiger partial charge in [-0.2, -0.15) is 0 Å². The zero-order valence-corrected chi connectivity index (χ0v) is 15.5. The van der Waals surface area contributed by atoms with E-state index in [2.05, 4.69) is 17.1 Å². The highest BCUT2D eigenvalue weighted by atomic mass is 19.1. The lowest BCUT2D eigenvalue weighted by Gasteiger charge is -2.30. The molecule has 148 valence electrons. The summed E-state index contributed by atoms with van der Waals surface area (Å²) in [5, 5.41) is 6.69. The molecule has 0 radical (unpaired) electrons. The number of hydrogen-bond acceptors (Lipinski definition) is 5. The van der Waals surface area contributed by atoms with Gasteiger partial charge in [0.15, 0.2) is 0 Å². The molecule has 1 amide bonds. The Morgan fingerprint density at radius 3 is 2.64 bits per heavy atom. The van der Waals surface area contributed by atoms with E-state index in [1.807, 2.05) is 0 Å². The molecule has 1 heterocycles. The first-order chi connectivity index (χ1) is 13.2. The van der Waals surface area contributed by atoms with Crippen molar-refractivity contribution in [3.8, 4) is 0 Å². The SMILES string of the molecule is C=C[C@]1(C(=O)N[C@]2(C)C=CC(C(=O)OC)C2)CC(c2cc(F)cc(F)c2)=NO1. The van der Waals surface area contributed by atoms with E-state index >= 15 is 0 Å². The minimum atomic E-state index is -1.52. The summed E-state index contributed by atoms with van der Waals surface area (Å²) in [7, 11) is 1.30. The van der Waals surface area contributed by atoms with Gasteiger partial charge in [0.1, 0.15) is 11.6 Å². The number of amides is 1. The number of esters is 1. The van der Waals surface area contributed by atoms with Gasteiger partial charge in [-0.1, -0.05) is 23.9 Å². The zero-order chi connectivity index (χ0) is 20.5. The summed E-state index contributed by atoms with van der Waals surface area (Å²) >= 11 is 0. The first kappa shape index (κ1) is 19.7. The molecule has 0 aromatic heterocycles. The normalized spacial score (nSPS) is 28.4. The maximum absolute atomic E-state index is 13.5. The average molecular weight is 390 g/mol. The van der Waals surface area contributed by atoms with Crippen LogP contribution in [0.3, 0.4) is 0 Å². The Balaban J connectivity index is 1.74. The minimum absolute atomic E-state index is 0.0363. The van der Waals surface area contributed by atoms with E-state index in [0.29, 0.717) is 6.42 Å². The van der Waals surface area contributed by atoms with Crippen molar-refractivity contribution >= 4 is 17.6 Å². The summed E-state index contributed by atoms with van der Waals surface area (Å²) in [6, 6.07) is 2.98. The summed E-state index contributed by atoms with van der Waals surface area (Å²) in [5.41, 5.74) is -1.89. The first-order valence-corrected chi connectivity index (χ1v) is 8.65. The molecule has 0 saturated carbocycles. The number of oxime groups is 1. The Labute approximate surface area is 160 Å². The summed E-state index contributed by atoms with van der Waals surface area (Å²) in [5.74, 6) is -2.87. The zero-order valence-electron chi connectivity index (χ0n) is 15.5. The molecule has 1 aromatic rings. The first-order valence-electron chi connectivity index (χ1n) is 8.65. The Hall–Kier alpha value is -3.03. The average Bonchev–Trinajstić information content (AvgIpc) is 3.25. The van der Waals surface area contributed by atoms with Gasteiger partial charge in [-0.25, -0.2) is 8.78 Å². The number of nitrogens with one attached hydrogen (secondary N) is 1. The topological polar surface area (TPSA) is 77.0 Å². The van der Waals surface area contributed by atoms with E-state index in [1.54, 1.807) is 19.1 Å². The van der Waals surface area contributed by atoms with Gasteiger partial charge < -0.3 is 14.9 Å². The minimum Gasteiger partial charge on any atom is -0.469 e. The van der Waals surface area contributed by atoms with E-state index in [0.717, 1.165) is 18.2 Å². The molecule has 1 unspecified atom stereocenters. The van der Waals surface area contributed by atoms with Gasteiger partial charge in [0, 0.05) is 18.1 Å². The maximum Gasteiger partial charge on any atom is 0.312 e. The van der Waals surface area contributed by atoms with Crippen LogP contribution >= 0.6 is 0 Å². The Morgan fingerprint density at radius 2 is 2.04 bits per heavy atom. The summed E-state index contributed by atoms with van der Waals surface area (Å²) in [6.45, 7) is 5.42. The van der Waals surface area contributed by atoms with E-state index < -0.39 is 34.6 Å². The molecule has 1 aliphatic heterocycles. The van der Waals surface area contributed by atoms with Crippen LogP contribution in [0.4, 0.5) is 8.78 Å². The lowest BCUT2D eigenvalue weighted by Crippen LogP contribution is -2.53. The predicted molar refractivity (Wildman–Crippen MR) is 97.3 cm³/mol. The lowest BCUT2D eigenvalue weighted by molar-refractivity contribution is -0.145. The molecule has 28 heavy (non-hydrogen) atoms. The lowest BCUT2D eigenvalue weighted by atomic mass is 9.90. The Kier molecular flexibility index (Phi) is 5.06. The highest BCUT2D eigenvalue weighted by molar-refractivity contribution is 6.06. The number of rotatable bonds is 5. The second kappa shape index (κ2) is 7.18. The smallest absolute Gasteiger partial charge is 0.312 e. The number of methoxy groups -OCH3 is 1. The van der Waals surface area contributed by atoms with Crippen molar-refractivity contribution in [1.82, 2.24) is 5.32 Å². The van der Waals surface area contributed by atoms with Crippen LogP contribution < -0.4 is 5.32 Å². The fraction of sp³-hybridized carbons (Fsp3) is 0.350. The van der Waals surface area contributed by atoms with Gasteiger partial charge in [-0.3, -0.25) is 9.59 Å². The Morgan fingerprint density at radius 1 is 1.36 bits per heavy atom. The summed E-state index contributed by atoms with van der Waals surface area (Å²) in [6.07, 6.45) is 5.00. The highest BCUT2D eigenvalue weighted by Crippen LogP contribution is 2.33. The van der Waals surface area contributed by atoms with Crippen molar-refractivity contribution in [3.63, 3.8) is 0 Å². The standard InChI is InChI=1S/C20H20F2N2O4/c1-4-20(11-16(24-28-20)13-7-14(21)9-15(22)8-13)18(26)23-19(2)6-5-12(10-19)17(25)27-3/h4-9,12H,1,10-11H2,2-3H3,(H,23,26)/t12?,19-,20-/m1/s1. The largest absolute Gasteiger partial charge is 0.469 e. The molecular formula is C20H20F2N2O4. The van der Waals surface area contributed by atoms with Crippen molar-refractivity contribution in [2.45, 2.75) is 30.9 Å². The fourth-order valence-electron chi connectivity index (χ4n) is 3.34. The van der Waals surface area contributed by atoms with Crippen LogP contribution in [0.1, 0.15) is 25.3 Å². The summed E-state index contributed by atoms with van der Waals surface area (Å²) in [4.78, 5) is 30.0. The fourth-order valence-corrected chi connectivity index (χ4v) is 3.34. The van der Waals surface area contributed by atoms with Gasteiger partial charge in [0.25, 0.3) is 5.91 Å². The molecule has 1 aliphatic carbocycles. The number of carbonyl (C=O) groups excluding carboxylic acids is 2. The molecule has 3 rings (SSSR count). The molecular weight excluding hydrogens is 370 g/mol. The van der Waals surface area contributed by atoms with Crippen LogP contribution in [0.25, 0.3) is 0 Å². The number of benzene rings is 1. The van der Waals surface area contributed by atoms with Gasteiger partial charge in [0.05, 0.1) is 24.3 Å². The van der Waals surface area contributed by atoms with Crippen LogP contribution in [-0.4, -0.2) is 35.8 Å². The number of ether oxygens (including phenoxy) is 1. The van der Waals surface area contributed by atoms with Gasteiger partial charge in [-0.15, -0.1) is 0 Å². The second-order valence-corrected chi connectivity index (χ2v) is 7.12. The maximum atomic E-state index is 13.5. The van der Waals surface area contributed by atoms with Crippen molar-refractivity contribution in [2.24, 2.45) is 11.1 Å². The van der Waals surface area contributed by atoms with E-state index in [9.17, 15) is 18.4 Å². The molecule has 1 aromatic carbocycles. The molecule has 0 bridgehead atoms. The monoisotopic (exact) mass is 390 g/mol. The molecule has 1 N–H and O–H groups in total. The quantitative estimate of drug-likeness (QED) is 0.619. The third-order valence-electron chi connectivity index (χ3n) is 4.90. The van der Waals surface area contributed by atoms with Crippen molar-refractivity contribution in [2.75, 3.05) is 7.11 Å². The summed E-state index contributed by atoms with van der Waals surface area (Å²) < 4.78 is 31.7. The predicted octanol–water partition coefficient (Wildman–Crippen LogP) is 2.64. The second-order valence-electron chi connectivity index (χ2n) is 7.12. The van der Waals surface area contributed by atoms with Crippen molar-refractivity contribution in [3.05, 3.63) is 60.2 Å². The molecule has 0 saturated heterocycles. The Bertz CT molecular complexity index is 878. The van der Waals surface area contributed by atoms with Gasteiger partial charge in [0.2, 0.25) is 5.60 Å². The highest BCUT2D eigenvalue weighted by Gasteiger charge is 2.47. The van der Waals surface area contributed by atoms with E-state index in [4.69, 9.17) is 9.57 Å². The number of carbonyl (C=O) groups is 2. The third kappa shape index (κ3) is 3.67. The van der Waals surface area contributed by atoms with Crippen molar-refractivity contribution in [1.29, 1.82) is 0 Å². The molecule has 0 fully saturated rings. The van der Waals surface area contributed by atoms with Crippen LogP contribution in [0.2, 0.25) is 0 Å². The molecule has 0 spiro atoms. The van der Waals surface area contributed by atoms with E-state index in [-0.39, 0.29) is 23.7 Å². The molecule has 2 aliphatic rings. The number of hydrogen-bond donors (Lipinski definition) is 1. The molecule has 3 atom stereocenters. The van der Waals surface area contributed by atoms with Crippen LogP contribution in [0.15, 0.2) is 48.2 Å². The number of nitrogens with zero attached hydrogens (tertiary/aromatic N) is 1. The van der Waals surface area contributed by atoms with Crippen LogP contribution in [-0.2, 0) is 19.2 Å². The van der Waals surface area contributed by atoms with E-state index in [1.165, 1.54) is 13.2 Å². The number of halogens is 2. The van der Waals surface area contributed by atoms with Gasteiger partial charge in [-0.05, 0) is 31.6 Å². The van der Waals surface area contributed by atoms with Crippen LogP contribution in [0.5, 0.6) is 0 Å². The molecule has 8 heteroatoms. The van der Waals surface area contributed by atoms with Gasteiger partial charge >= 0.3 is 5.97 Å². The third-order valence-corrected chi connectivity index (χ3v) is 4.90. The van der Waals surface area contributed by atoms with Crippen LogP contribution in [0, 0.1) is 17.6 Å². The van der Waals surface area contributed by atoms with Crippen molar-refractivity contribution < 1.29 is 27.9 Å². The molecule has 6 nitrogen and oxygen atoms in total.